The Morgan fingerprint density at radius 2 is 1.03 bits per heavy atom. The van der Waals surface area contributed by atoms with Gasteiger partial charge in [-0.2, -0.15) is 9.13 Å². The van der Waals surface area contributed by atoms with Crippen molar-refractivity contribution in [3.05, 3.63) is 96.4 Å². The monoisotopic (exact) mass is 548 g/mol. The first-order valence-corrected chi connectivity index (χ1v) is 15.1. The standard InChI is InChI=1S/C30H36N4O2S2/c1-31(27-11-5-25(6-12-27)9-15-29-33(3)17-21-35-29)19-23-37-38-24-20-32(2)28-13-7-26(8-14-28)10-16-30-34(4)18-22-36-30/h5-18,21-22H,19-20,23-24H2,1-4H3/q+2. The normalized spacial score (nSPS) is 11.6. The lowest BCUT2D eigenvalue weighted by molar-refractivity contribution is -0.676. The Balaban J connectivity index is 1.12. The van der Waals surface area contributed by atoms with E-state index in [2.05, 4.69) is 84.6 Å². The predicted molar refractivity (Wildman–Crippen MR) is 162 cm³/mol. The highest BCUT2D eigenvalue weighted by Gasteiger charge is 2.07. The number of anilines is 2. The minimum atomic E-state index is 0.827. The molecule has 8 heteroatoms. The van der Waals surface area contributed by atoms with Crippen LogP contribution in [-0.2, 0) is 14.1 Å². The molecule has 2 heterocycles. The van der Waals surface area contributed by atoms with Crippen molar-refractivity contribution in [2.45, 2.75) is 0 Å². The number of benzene rings is 2. The van der Waals surface area contributed by atoms with Crippen LogP contribution >= 0.6 is 21.6 Å². The average Bonchev–Trinajstić information content (AvgIpc) is 3.55. The molecular weight excluding hydrogens is 512 g/mol. The van der Waals surface area contributed by atoms with Gasteiger partial charge in [0.2, 0.25) is 12.4 Å². The minimum Gasteiger partial charge on any atom is -0.407 e. The molecule has 0 bridgehead atoms. The minimum absolute atomic E-state index is 0.827. The van der Waals surface area contributed by atoms with Crippen molar-refractivity contribution in [3.8, 4) is 0 Å². The summed E-state index contributed by atoms with van der Waals surface area (Å²) in [4.78, 5) is 4.61. The van der Waals surface area contributed by atoms with Crippen molar-refractivity contribution < 1.29 is 18.0 Å². The third-order valence-electron chi connectivity index (χ3n) is 6.25. The Labute approximate surface area is 233 Å². The molecule has 198 valence electrons. The van der Waals surface area contributed by atoms with E-state index in [4.69, 9.17) is 8.83 Å². The van der Waals surface area contributed by atoms with E-state index in [9.17, 15) is 0 Å². The first kappa shape index (κ1) is 27.7. The number of nitrogens with zero attached hydrogens (tertiary/aromatic N) is 4. The Kier molecular flexibility index (Phi) is 10.2. The quantitative estimate of drug-likeness (QED) is 0.119. The molecule has 4 aromatic rings. The van der Waals surface area contributed by atoms with Crippen LogP contribution in [-0.4, -0.2) is 38.7 Å². The third-order valence-corrected chi connectivity index (χ3v) is 8.61. The smallest absolute Gasteiger partial charge is 0.372 e. The van der Waals surface area contributed by atoms with Gasteiger partial charge in [0.15, 0.2) is 12.5 Å². The SMILES string of the molecule is CN(CCSSCCN(C)c1ccc(/C=C/c2occ[n+]2C)cc1)c1ccc(/C=C/c2occ[n+]2C)cc1. The second-order valence-corrected chi connectivity index (χ2v) is 11.7. The van der Waals surface area contributed by atoms with E-state index in [0.29, 0.717) is 0 Å². The molecule has 0 amide bonds. The topological polar surface area (TPSA) is 40.5 Å². The molecule has 0 unspecified atom stereocenters. The van der Waals surface area contributed by atoms with Crippen LogP contribution in [0.4, 0.5) is 11.4 Å². The average molecular weight is 549 g/mol. The Bertz CT molecular complexity index is 1220. The molecule has 0 radical (unpaired) electrons. The van der Waals surface area contributed by atoms with Gasteiger partial charge < -0.3 is 18.6 Å². The fourth-order valence-corrected chi connectivity index (χ4v) is 5.84. The molecule has 0 aliphatic heterocycles. The van der Waals surface area contributed by atoms with Gasteiger partial charge in [-0.3, -0.25) is 0 Å². The fourth-order valence-electron chi connectivity index (χ4n) is 3.75. The summed E-state index contributed by atoms with van der Waals surface area (Å²) in [6, 6.07) is 17.3. The van der Waals surface area contributed by atoms with E-state index >= 15 is 0 Å². The second kappa shape index (κ2) is 14.0. The number of rotatable bonds is 13. The van der Waals surface area contributed by atoms with E-state index in [1.54, 1.807) is 12.5 Å². The van der Waals surface area contributed by atoms with Gasteiger partial charge in [0.05, 0.1) is 12.2 Å². The zero-order chi connectivity index (χ0) is 26.7. The predicted octanol–water partition coefficient (Wildman–Crippen LogP) is 5.82. The molecular formula is C30H36N4O2S2+2. The van der Waals surface area contributed by atoms with Crippen LogP contribution in [0.15, 0.2) is 82.3 Å². The first-order chi connectivity index (χ1) is 18.5. The van der Waals surface area contributed by atoms with Gasteiger partial charge in [0, 0.05) is 50.1 Å². The second-order valence-electron chi connectivity index (χ2n) is 9.04. The maximum absolute atomic E-state index is 5.44. The van der Waals surface area contributed by atoms with Gasteiger partial charge in [-0.15, -0.1) is 0 Å². The lowest BCUT2D eigenvalue weighted by atomic mass is 10.2. The molecule has 2 aromatic heterocycles. The Hall–Kier alpha value is -3.36. The van der Waals surface area contributed by atoms with Crippen molar-refractivity contribution in [2.75, 3.05) is 48.5 Å². The van der Waals surface area contributed by atoms with Crippen LogP contribution in [0.3, 0.4) is 0 Å². The molecule has 0 aliphatic carbocycles. The van der Waals surface area contributed by atoms with E-state index < -0.39 is 0 Å². The molecule has 0 N–H and O–H groups in total. The van der Waals surface area contributed by atoms with E-state index in [1.807, 2.05) is 69.4 Å². The molecule has 0 atom stereocenters. The summed E-state index contributed by atoms with van der Waals surface area (Å²) in [7, 11) is 12.1. The molecule has 0 saturated heterocycles. The van der Waals surface area contributed by atoms with Crippen LogP contribution in [0, 0.1) is 0 Å². The van der Waals surface area contributed by atoms with Crippen LogP contribution in [0.5, 0.6) is 0 Å². The summed E-state index contributed by atoms with van der Waals surface area (Å²) in [6.07, 6.45) is 15.3. The molecule has 2 aromatic carbocycles. The van der Waals surface area contributed by atoms with Gasteiger partial charge in [-0.05, 0) is 47.5 Å². The molecule has 38 heavy (non-hydrogen) atoms. The van der Waals surface area contributed by atoms with E-state index in [0.717, 1.165) is 47.5 Å². The zero-order valence-electron chi connectivity index (χ0n) is 22.5. The van der Waals surface area contributed by atoms with Crippen molar-refractivity contribution in [2.24, 2.45) is 14.1 Å². The number of aryl methyl sites for hydroxylation is 2. The lowest BCUT2D eigenvalue weighted by Crippen LogP contribution is -2.27. The molecule has 0 saturated carbocycles. The summed E-state index contributed by atoms with van der Waals surface area (Å²) in [5.41, 5.74) is 4.77. The van der Waals surface area contributed by atoms with E-state index in [-0.39, 0.29) is 0 Å². The molecule has 0 fully saturated rings. The number of hydrogen-bond donors (Lipinski definition) is 0. The third kappa shape index (κ3) is 8.07. The lowest BCUT2D eigenvalue weighted by Gasteiger charge is -2.20. The summed E-state index contributed by atoms with van der Waals surface area (Å²) in [5, 5.41) is 0. The summed E-state index contributed by atoms with van der Waals surface area (Å²) in [5.74, 6) is 3.81. The highest BCUT2D eigenvalue weighted by Crippen LogP contribution is 2.23. The van der Waals surface area contributed by atoms with Crippen LogP contribution in [0.25, 0.3) is 24.3 Å². The molecule has 6 nitrogen and oxygen atoms in total. The van der Waals surface area contributed by atoms with Crippen molar-refractivity contribution in [3.63, 3.8) is 0 Å². The van der Waals surface area contributed by atoms with Crippen LogP contribution < -0.4 is 18.9 Å². The summed E-state index contributed by atoms with van der Waals surface area (Å²) < 4.78 is 14.8. The summed E-state index contributed by atoms with van der Waals surface area (Å²) in [6.45, 7) is 2.02. The molecule has 0 spiro atoms. The largest absolute Gasteiger partial charge is 0.407 e. The van der Waals surface area contributed by atoms with Gasteiger partial charge in [0.1, 0.15) is 14.1 Å². The van der Waals surface area contributed by atoms with Crippen molar-refractivity contribution in [1.82, 2.24) is 0 Å². The van der Waals surface area contributed by atoms with Crippen molar-refractivity contribution in [1.29, 1.82) is 0 Å². The zero-order valence-corrected chi connectivity index (χ0v) is 24.1. The van der Waals surface area contributed by atoms with Gasteiger partial charge in [0.25, 0.3) is 0 Å². The van der Waals surface area contributed by atoms with Gasteiger partial charge in [-0.25, -0.2) is 0 Å². The van der Waals surface area contributed by atoms with Crippen molar-refractivity contribution >= 4 is 57.3 Å². The number of hydrogen-bond acceptors (Lipinski definition) is 6. The van der Waals surface area contributed by atoms with Crippen LogP contribution in [0.1, 0.15) is 22.9 Å². The van der Waals surface area contributed by atoms with Crippen LogP contribution in [0.2, 0.25) is 0 Å². The summed E-state index contributed by atoms with van der Waals surface area (Å²) >= 11 is 0. The molecule has 4 rings (SSSR count). The molecule has 0 aliphatic rings. The Morgan fingerprint density at radius 3 is 1.37 bits per heavy atom. The first-order valence-electron chi connectivity index (χ1n) is 12.6. The van der Waals surface area contributed by atoms with Gasteiger partial charge >= 0.3 is 11.8 Å². The maximum Gasteiger partial charge on any atom is 0.372 e. The highest BCUT2D eigenvalue weighted by atomic mass is 33.1. The van der Waals surface area contributed by atoms with Gasteiger partial charge in [-0.1, -0.05) is 45.9 Å². The van der Waals surface area contributed by atoms with E-state index in [1.165, 1.54) is 11.4 Å². The Morgan fingerprint density at radius 1 is 0.632 bits per heavy atom. The number of oxazole rings is 2. The maximum atomic E-state index is 5.44. The fraction of sp³-hybridized carbons (Fsp3) is 0.267. The number of aromatic nitrogens is 2. The highest BCUT2D eigenvalue weighted by molar-refractivity contribution is 8.76.